The van der Waals surface area contributed by atoms with Gasteiger partial charge >= 0.3 is 0 Å². The summed E-state index contributed by atoms with van der Waals surface area (Å²) in [5.41, 5.74) is 2.98. The maximum atomic E-state index is 6.10. The highest BCUT2D eigenvalue weighted by Crippen LogP contribution is 2.29. The lowest BCUT2D eigenvalue weighted by Gasteiger charge is -2.12. The van der Waals surface area contributed by atoms with Gasteiger partial charge in [0.25, 0.3) is 0 Å². The van der Waals surface area contributed by atoms with Crippen molar-refractivity contribution in [2.75, 3.05) is 0 Å². The maximum Gasteiger partial charge on any atom is 0.227 e. The van der Waals surface area contributed by atoms with Crippen LogP contribution in [0.25, 0.3) is 0 Å². The van der Waals surface area contributed by atoms with Crippen LogP contribution in [0.15, 0.2) is 18.2 Å². The summed E-state index contributed by atoms with van der Waals surface area (Å²) in [5.74, 6) is 2.03. The van der Waals surface area contributed by atoms with Gasteiger partial charge in [-0.3, -0.25) is 0 Å². The molecule has 1 aromatic carbocycles. The lowest BCUT2D eigenvalue weighted by molar-refractivity contribution is 0.451. The van der Waals surface area contributed by atoms with Gasteiger partial charge in [0, 0.05) is 12.0 Å². The molecule has 0 saturated carbocycles. The molecule has 0 aliphatic carbocycles. The summed E-state index contributed by atoms with van der Waals surface area (Å²) in [5, 5.41) is 0.451. The Morgan fingerprint density at radius 1 is 1.16 bits per heavy atom. The molecule has 0 saturated heterocycles. The van der Waals surface area contributed by atoms with Gasteiger partial charge in [0.15, 0.2) is 0 Å². The molecule has 0 aliphatic heterocycles. The highest BCUT2D eigenvalue weighted by Gasteiger charge is 2.12. The summed E-state index contributed by atoms with van der Waals surface area (Å²) >= 11 is 6.10. The average molecular weight is 277 g/mol. The Kier molecular flexibility index (Phi) is 4.05. The molecule has 0 N–H and O–H groups in total. The summed E-state index contributed by atoms with van der Waals surface area (Å²) in [6.45, 7) is 7.89. The highest BCUT2D eigenvalue weighted by atomic mass is 35.5. The van der Waals surface area contributed by atoms with E-state index in [1.165, 1.54) is 0 Å². The van der Waals surface area contributed by atoms with E-state index in [1.54, 1.807) is 0 Å². The second-order valence-corrected chi connectivity index (χ2v) is 4.94. The molecule has 0 fully saturated rings. The van der Waals surface area contributed by atoms with Crippen LogP contribution in [0.2, 0.25) is 5.15 Å². The molecule has 4 heteroatoms. The van der Waals surface area contributed by atoms with E-state index in [2.05, 4.69) is 16.0 Å². The number of rotatable bonds is 3. The van der Waals surface area contributed by atoms with Crippen molar-refractivity contribution in [1.82, 2.24) is 9.97 Å². The zero-order valence-corrected chi connectivity index (χ0v) is 12.4. The minimum atomic E-state index is 0.451. The molecule has 0 amide bonds. The fourth-order valence-electron chi connectivity index (χ4n) is 1.69. The second kappa shape index (κ2) is 5.57. The summed E-state index contributed by atoms with van der Waals surface area (Å²) in [6.07, 6.45) is 0.725. The van der Waals surface area contributed by atoms with Crippen LogP contribution in [0.1, 0.15) is 29.4 Å². The first-order chi connectivity index (χ1) is 9.01. The molecule has 0 aliphatic rings. The van der Waals surface area contributed by atoms with E-state index >= 15 is 0 Å². The van der Waals surface area contributed by atoms with Crippen molar-refractivity contribution in [3.05, 3.63) is 45.9 Å². The minimum absolute atomic E-state index is 0.451. The Morgan fingerprint density at radius 3 is 2.58 bits per heavy atom. The van der Waals surface area contributed by atoms with Gasteiger partial charge in [-0.25, -0.2) is 4.98 Å². The van der Waals surface area contributed by atoms with E-state index in [0.717, 1.165) is 28.9 Å². The number of ether oxygens (including phenoxy) is 1. The van der Waals surface area contributed by atoms with Gasteiger partial charge in [0.05, 0.1) is 0 Å². The summed E-state index contributed by atoms with van der Waals surface area (Å²) in [6, 6.07) is 6.08. The Morgan fingerprint density at radius 2 is 1.89 bits per heavy atom. The average Bonchev–Trinajstić information content (AvgIpc) is 2.38. The van der Waals surface area contributed by atoms with E-state index < -0.39 is 0 Å². The van der Waals surface area contributed by atoms with Gasteiger partial charge in [0.2, 0.25) is 5.88 Å². The largest absolute Gasteiger partial charge is 0.438 e. The van der Waals surface area contributed by atoms with Gasteiger partial charge in [-0.2, -0.15) is 4.98 Å². The summed E-state index contributed by atoms with van der Waals surface area (Å²) in [7, 11) is 0. The van der Waals surface area contributed by atoms with Crippen molar-refractivity contribution in [3.63, 3.8) is 0 Å². The first-order valence-corrected chi connectivity index (χ1v) is 6.67. The van der Waals surface area contributed by atoms with Crippen molar-refractivity contribution in [3.8, 4) is 11.6 Å². The predicted molar refractivity (Wildman–Crippen MR) is 77.1 cm³/mol. The van der Waals surface area contributed by atoms with Crippen LogP contribution in [-0.2, 0) is 6.42 Å². The quantitative estimate of drug-likeness (QED) is 0.779. The Labute approximate surface area is 118 Å². The van der Waals surface area contributed by atoms with Crippen molar-refractivity contribution in [1.29, 1.82) is 0 Å². The van der Waals surface area contributed by atoms with Gasteiger partial charge in [-0.1, -0.05) is 30.7 Å². The van der Waals surface area contributed by atoms with E-state index in [0.29, 0.717) is 16.9 Å². The number of aromatic nitrogens is 2. The molecule has 3 nitrogen and oxygen atoms in total. The number of hydrogen-bond donors (Lipinski definition) is 0. The number of aryl methyl sites for hydroxylation is 3. The molecule has 0 atom stereocenters. The van der Waals surface area contributed by atoms with Crippen LogP contribution in [0, 0.1) is 20.8 Å². The minimum Gasteiger partial charge on any atom is -0.438 e. The van der Waals surface area contributed by atoms with Crippen LogP contribution in [-0.4, -0.2) is 9.97 Å². The van der Waals surface area contributed by atoms with Crippen molar-refractivity contribution in [2.24, 2.45) is 0 Å². The highest BCUT2D eigenvalue weighted by molar-refractivity contribution is 6.30. The maximum absolute atomic E-state index is 6.10. The topological polar surface area (TPSA) is 35.0 Å². The summed E-state index contributed by atoms with van der Waals surface area (Å²) in [4.78, 5) is 8.61. The second-order valence-electron chi connectivity index (χ2n) is 4.59. The van der Waals surface area contributed by atoms with E-state index in [1.807, 2.05) is 39.8 Å². The third kappa shape index (κ3) is 3.04. The molecule has 19 heavy (non-hydrogen) atoms. The number of hydrogen-bond acceptors (Lipinski definition) is 3. The molecule has 0 unspecified atom stereocenters. The molecule has 2 aromatic rings. The van der Waals surface area contributed by atoms with Crippen LogP contribution in [0.3, 0.4) is 0 Å². The normalized spacial score (nSPS) is 10.6. The lowest BCUT2D eigenvalue weighted by Crippen LogP contribution is -2.00. The Bertz CT molecular complexity index is 611. The third-order valence-electron chi connectivity index (χ3n) is 2.95. The molecule has 1 heterocycles. The van der Waals surface area contributed by atoms with Crippen LogP contribution in [0.4, 0.5) is 0 Å². The molecule has 1 aromatic heterocycles. The van der Waals surface area contributed by atoms with Gasteiger partial charge in [-0.05, 0) is 38.0 Å². The number of nitrogens with zero attached hydrogens (tertiary/aromatic N) is 2. The molecule has 100 valence electrons. The molecule has 2 rings (SSSR count). The zero-order chi connectivity index (χ0) is 14.0. The monoisotopic (exact) mass is 276 g/mol. The third-order valence-corrected chi connectivity index (χ3v) is 3.32. The van der Waals surface area contributed by atoms with E-state index in [-0.39, 0.29) is 0 Å². The fraction of sp³-hybridized carbons (Fsp3) is 0.333. The van der Waals surface area contributed by atoms with Gasteiger partial charge < -0.3 is 4.74 Å². The van der Waals surface area contributed by atoms with Crippen molar-refractivity contribution in [2.45, 2.75) is 34.1 Å². The molecular formula is C15H17ClN2O. The lowest BCUT2D eigenvalue weighted by atomic mass is 10.1. The molecule has 0 bridgehead atoms. The Balaban J connectivity index is 2.42. The van der Waals surface area contributed by atoms with Crippen LogP contribution in [0.5, 0.6) is 11.6 Å². The van der Waals surface area contributed by atoms with E-state index in [4.69, 9.17) is 16.3 Å². The number of benzene rings is 1. The Hall–Kier alpha value is -1.61. The standard InChI is InChI=1S/C15H17ClN2O/c1-5-13-17-14(16)11(4)15(18-13)19-12-8-9(2)6-7-10(12)3/h6-8H,5H2,1-4H3. The predicted octanol–water partition coefficient (Wildman–Crippen LogP) is 4.41. The smallest absolute Gasteiger partial charge is 0.227 e. The zero-order valence-electron chi connectivity index (χ0n) is 11.6. The molecular weight excluding hydrogens is 260 g/mol. The van der Waals surface area contributed by atoms with Gasteiger partial charge in [0.1, 0.15) is 16.7 Å². The SMILES string of the molecule is CCc1nc(Cl)c(C)c(Oc2cc(C)ccc2C)n1. The van der Waals surface area contributed by atoms with E-state index in [9.17, 15) is 0 Å². The van der Waals surface area contributed by atoms with Crippen molar-refractivity contribution >= 4 is 11.6 Å². The molecule has 0 radical (unpaired) electrons. The van der Waals surface area contributed by atoms with Gasteiger partial charge in [-0.15, -0.1) is 0 Å². The first kappa shape index (κ1) is 13.8. The van der Waals surface area contributed by atoms with Crippen LogP contribution >= 0.6 is 11.6 Å². The molecule has 0 spiro atoms. The number of halogens is 1. The first-order valence-electron chi connectivity index (χ1n) is 6.29. The van der Waals surface area contributed by atoms with Crippen molar-refractivity contribution < 1.29 is 4.74 Å². The van der Waals surface area contributed by atoms with Crippen LogP contribution < -0.4 is 4.74 Å². The summed E-state index contributed by atoms with van der Waals surface area (Å²) < 4.78 is 5.91. The fourth-order valence-corrected chi connectivity index (χ4v) is 1.87.